The summed E-state index contributed by atoms with van der Waals surface area (Å²) in [6.45, 7) is 2.04. The second-order valence-electron chi connectivity index (χ2n) is 5.29. The predicted molar refractivity (Wildman–Crippen MR) is 75.2 cm³/mol. The van der Waals surface area contributed by atoms with Crippen molar-refractivity contribution in [3.63, 3.8) is 0 Å². The molecule has 1 unspecified atom stereocenters. The van der Waals surface area contributed by atoms with E-state index in [-0.39, 0.29) is 0 Å². The van der Waals surface area contributed by atoms with Gasteiger partial charge in [0, 0.05) is 12.0 Å². The lowest BCUT2D eigenvalue weighted by Crippen LogP contribution is -2.06. The van der Waals surface area contributed by atoms with Gasteiger partial charge in [-0.3, -0.25) is 0 Å². The van der Waals surface area contributed by atoms with Gasteiger partial charge in [-0.25, -0.2) is 0 Å². The van der Waals surface area contributed by atoms with E-state index >= 15 is 0 Å². The minimum atomic E-state index is -0.569. The van der Waals surface area contributed by atoms with Crippen LogP contribution in [0.4, 0.5) is 0 Å². The molecule has 0 fully saturated rings. The summed E-state index contributed by atoms with van der Waals surface area (Å²) in [5.74, 6) is 0.880. The van der Waals surface area contributed by atoms with E-state index in [9.17, 15) is 5.11 Å². The van der Waals surface area contributed by atoms with E-state index in [1.165, 1.54) is 30.4 Å². The van der Waals surface area contributed by atoms with Crippen molar-refractivity contribution in [3.8, 4) is 0 Å². The zero-order valence-electron chi connectivity index (χ0n) is 11.4. The standard InChI is InChI=1S/C17H20O2/c1-2-16-15(9-10-19-16)17(18)14-8-7-12-5-3-4-6-13(12)11-14/h7-11,17-18H,2-6H2,1H3. The minimum Gasteiger partial charge on any atom is -0.469 e. The van der Waals surface area contributed by atoms with Crippen molar-refractivity contribution < 1.29 is 9.52 Å². The number of benzene rings is 1. The van der Waals surface area contributed by atoms with Gasteiger partial charge in [-0.1, -0.05) is 25.1 Å². The van der Waals surface area contributed by atoms with Gasteiger partial charge in [0.05, 0.1) is 6.26 Å². The predicted octanol–water partition coefficient (Wildman–Crippen LogP) is 3.80. The Labute approximate surface area is 114 Å². The van der Waals surface area contributed by atoms with Crippen LogP contribution in [0.25, 0.3) is 0 Å². The molecule has 0 radical (unpaired) electrons. The molecule has 1 atom stereocenters. The largest absolute Gasteiger partial charge is 0.469 e. The second-order valence-corrected chi connectivity index (χ2v) is 5.29. The Morgan fingerprint density at radius 1 is 1.16 bits per heavy atom. The van der Waals surface area contributed by atoms with Gasteiger partial charge in [-0.15, -0.1) is 0 Å². The van der Waals surface area contributed by atoms with Gasteiger partial charge in [0.15, 0.2) is 0 Å². The first-order chi connectivity index (χ1) is 9.29. The Hall–Kier alpha value is -1.54. The molecule has 0 saturated heterocycles. The number of fused-ring (bicyclic) bond motifs is 1. The molecule has 0 saturated carbocycles. The zero-order chi connectivity index (χ0) is 13.2. The van der Waals surface area contributed by atoms with Gasteiger partial charge in [0.25, 0.3) is 0 Å². The average Bonchev–Trinajstić information content (AvgIpc) is 2.94. The summed E-state index contributed by atoms with van der Waals surface area (Å²) in [6.07, 6.45) is 6.77. The zero-order valence-corrected chi connectivity index (χ0v) is 11.4. The van der Waals surface area contributed by atoms with E-state index in [1.807, 2.05) is 13.0 Å². The lowest BCUT2D eigenvalue weighted by molar-refractivity contribution is 0.217. The molecule has 1 heterocycles. The highest BCUT2D eigenvalue weighted by atomic mass is 16.3. The molecule has 0 bridgehead atoms. The quantitative estimate of drug-likeness (QED) is 0.906. The summed E-state index contributed by atoms with van der Waals surface area (Å²) in [7, 11) is 0. The molecule has 2 heteroatoms. The molecule has 19 heavy (non-hydrogen) atoms. The monoisotopic (exact) mass is 256 g/mol. The van der Waals surface area contributed by atoms with Gasteiger partial charge in [-0.2, -0.15) is 0 Å². The van der Waals surface area contributed by atoms with Crippen LogP contribution in [-0.4, -0.2) is 5.11 Å². The lowest BCUT2D eigenvalue weighted by Gasteiger charge is -2.18. The number of aliphatic hydroxyl groups is 1. The number of rotatable bonds is 3. The maximum atomic E-state index is 10.5. The third-order valence-electron chi connectivity index (χ3n) is 4.08. The van der Waals surface area contributed by atoms with Crippen LogP contribution < -0.4 is 0 Å². The SMILES string of the molecule is CCc1occc1C(O)c1ccc2c(c1)CCCC2. The molecule has 0 spiro atoms. The van der Waals surface area contributed by atoms with Gasteiger partial charge >= 0.3 is 0 Å². The highest BCUT2D eigenvalue weighted by Crippen LogP contribution is 2.30. The van der Waals surface area contributed by atoms with E-state index in [0.717, 1.165) is 29.7 Å². The lowest BCUT2D eigenvalue weighted by atomic mass is 9.88. The number of hydrogen-bond acceptors (Lipinski definition) is 2. The average molecular weight is 256 g/mol. The van der Waals surface area contributed by atoms with Crippen LogP contribution in [0.3, 0.4) is 0 Å². The highest BCUT2D eigenvalue weighted by Gasteiger charge is 2.18. The molecule has 0 amide bonds. The van der Waals surface area contributed by atoms with Gasteiger partial charge in [0.1, 0.15) is 11.9 Å². The first-order valence-electron chi connectivity index (χ1n) is 7.15. The van der Waals surface area contributed by atoms with Crippen LogP contribution in [-0.2, 0) is 19.3 Å². The van der Waals surface area contributed by atoms with E-state index in [1.54, 1.807) is 6.26 Å². The van der Waals surface area contributed by atoms with E-state index in [0.29, 0.717) is 0 Å². The van der Waals surface area contributed by atoms with E-state index in [2.05, 4.69) is 18.2 Å². The fraction of sp³-hybridized carbons (Fsp3) is 0.412. The maximum Gasteiger partial charge on any atom is 0.109 e. The molecular formula is C17H20O2. The molecule has 2 aromatic rings. The third-order valence-corrected chi connectivity index (χ3v) is 4.08. The Morgan fingerprint density at radius 2 is 1.95 bits per heavy atom. The molecule has 3 rings (SSSR count). The van der Waals surface area contributed by atoms with E-state index < -0.39 is 6.10 Å². The van der Waals surface area contributed by atoms with Crippen LogP contribution in [0.2, 0.25) is 0 Å². The molecule has 1 aliphatic rings. The molecule has 1 aromatic carbocycles. The molecule has 100 valence electrons. The summed E-state index contributed by atoms with van der Waals surface area (Å²) in [4.78, 5) is 0. The van der Waals surface area contributed by atoms with Crippen molar-refractivity contribution in [1.82, 2.24) is 0 Å². The fourth-order valence-corrected chi connectivity index (χ4v) is 2.98. The number of aliphatic hydroxyl groups excluding tert-OH is 1. The van der Waals surface area contributed by atoms with Crippen molar-refractivity contribution in [2.24, 2.45) is 0 Å². The molecule has 1 N–H and O–H groups in total. The van der Waals surface area contributed by atoms with Gasteiger partial charge < -0.3 is 9.52 Å². The molecule has 0 aliphatic heterocycles. The summed E-state index contributed by atoms with van der Waals surface area (Å²) in [6, 6.07) is 8.29. The van der Waals surface area contributed by atoms with Gasteiger partial charge in [-0.05, 0) is 48.4 Å². The third kappa shape index (κ3) is 2.33. The summed E-state index contributed by atoms with van der Waals surface area (Å²) in [5.41, 5.74) is 4.74. The van der Waals surface area contributed by atoms with Crippen LogP contribution in [0.15, 0.2) is 34.9 Å². The number of aryl methyl sites for hydroxylation is 3. The van der Waals surface area contributed by atoms with Crippen LogP contribution in [0.1, 0.15) is 53.9 Å². The Kier molecular flexibility index (Phi) is 3.43. The normalized spacial score (nSPS) is 16.1. The summed E-state index contributed by atoms with van der Waals surface area (Å²) in [5, 5.41) is 10.5. The first-order valence-corrected chi connectivity index (χ1v) is 7.15. The second kappa shape index (κ2) is 5.22. The summed E-state index contributed by atoms with van der Waals surface area (Å²) >= 11 is 0. The van der Waals surface area contributed by atoms with Crippen molar-refractivity contribution >= 4 is 0 Å². The Balaban J connectivity index is 1.93. The maximum absolute atomic E-state index is 10.5. The molecule has 1 aromatic heterocycles. The van der Waals surface area contributed by atoms with Crippen LogP contribution >= 0.6 is 0 Å². The van der Waals surface area contributed by atoms with Crippen molar-refractivity contribution in [2.45, 2.75) is 45.1 Å². The minimum absolute atomic E-state index is 0.569. The van der Waals surface area contributed by atoms with Crippen molar-refractivity contribution in [1.29, 1.82) is 0 Å². The van der Waals surface area contributed by atoms with Crippen LogP contribution in [0.5, 0.6) is 0 Å². The van der Waals surface area contributed by atoms with Gasteiger partial charge in [0.2, 0.25) is 0 Å². The summed E-state index contributed by atoms with van der Waals surface area (Å²) < 4.78 is 5.41. The smallest absolute Gasteiger partial charge is 0.109 e. The van der Waals surface area contributed by atoms with Crippen molar-refractivity contribution in [3.05, 3.63) is 58.5 Å². The first kappa shape index (κ1) is 12.5. The van der Waals surface area contributed by atoms with Crippen LogP contribution in [0, 0.1) is 0 Å². The molecule has 1 aliphatic carbocycles. The van der Waals surface area contributed by atoms with Crippen molar-refractivity contribution in [2.75, 3.05) is 0 Å². The topological polar surface area (TPSA) is 33.4 Å². The van der Waals surface area contributed by atoms with E-state index in [4.69, 9.17) is 4.42 Å². The Morgan fingerprint density at radius 3 is 2.74 bits per heavy atom. The number of hydrogen-bond donors (Lipinski definition) is 1. The molecule has 2 nitrogen and oxygen atoms in total. The highest BCUT2D eigenvalue weighted by molar-refractivity contribution is 5.38. The molecular weight excluding hydrogens is 236 g/mol. The fourth-order valence-electron chi connectivity index (χ4n) is 2.98. The Bertz CT molecular complexity index is 568. The number of furan rings is 1.